The topological polar surface area (TPSA) is 105 Å². The molecule has 7 nitrogen and oxygen atoms in total. The minimum atomic E-state index is -1.02. The molecular weight excluding hydrogens is 420 g/mol. The number of rotatable bonds is 9. The number of carboxylic acid groups (broad SMARTS) is 1. The van der Waals surface area contributed by atoms with E-state index in [1.165, 1.54) is 0 Å². The van der Waals surface area contributed by atoms with Gasteiger partial charge >= 0.3 is 12.1 Å². The normalized spacial score (nSPS) is 16.5. The van der Waals surface area contributed by atoms with E-state index in [0.29, 0.717) is 0 Å². The maximum atomic E-state index is 12.6. The van der Waals surface area contributed by atoms with Crippen molar-refractivity contribution in [3.63, 3.8) is 0 Å². The van der Waals surface area contributed by atoms with Crippen molar-refractivity contribution in [1.29, 1.82) is 0 Å². The van der Waals surface area contributed by atoms with Gasteiger partial charge in [-0.2, -0.15) is 0 Å². The van der Waals surface area contributed by atoms with Crippen LogP contribution in [0, 0.1) is 11.8 Å². The predicted octanol–water partition coefficient (Wildman–Crippen LogP) is 3.92. The quantitative estimate of drug-likeness (QED) is 0.537. The largest absolute Gasteiger partial charge is 0.480 e. The van der Waals surface area contributed by atoms with Gasteiger partial charge in [-0.05, 0) is 46.9 Å². The predicted molar refractivity (Wildman–Crippen MR) is 124 cm³/mol. The smallest absolute Gasteiger partial charge is 0.407 e. The molecule has 2 aromatic rings. The van der Waals surface area contributed by atoms with E-state index in [9.17, 15) is 19.5 Å². The second-order valence-electron chi connectivity index (χ2n) is 9.25. The number of alkyl carbamates (subject to hydrolysis) is 1. The van der Waals surface area contributed by atoms with Gasteiger partial charge in [0.15, 0.2) is 0 Å². The number of fused-ring (bicyclic) bond motifs is 3. The Bertz CT molecular complexity index is 1000. The molecule has 1 fully saturated rings. The first-order valence-corrected chi connectivity index (χ1v) is 11.5. The minimum absolute atomic E-state index is 0.000888. The zero-order chi connectivity index (χ0) is 23.5. The minimum Gasteiger partial charge on any atom is -0.480 e. The number of carbonyl (C=O) groups excluding carboxylic acids is 2. The van der Waals surface area contributed by atoms with Gasteiger partial charge in [-0.25, -0.2) is 9.59 Å². The summed E-state index contributed by atoms with van der Waals surface area (Å²) in [4.78, 5) is 36.5. The van der Waals surface area contributed by atoms with Gasteiger partial charge in [0.1, 0.15) is 12.6 Å². The van der Waals surface area contributed by atoms with E-state index in [4.69, 9.17) is 4.74 Å². The first-order valence-electron chi connectivity index (χ1n) is 11.5. The highest BCUT2D eigenvalue weighted by atomic mass is 16.5. The van der Waals surface area contributed by atoms with Gasteiger partial charge in [-0.15, -0.1) is 0 Å². The van der Waals surface area contributed by atoms with Gasteiger partial charge in [0.2, 0.25) is 5.91 Å². The molecule has 0 aromatic heterocycles. The number of hydrogen-bond donors (Lipinski definition) is 3. The van der Waals surface area contributed by atoms with Crippen LogP contribution in [0.4, 0.5) is 4.79 Å². The maximum absolute atomic E-state index is 12.6. The van der Waals surface area contributed by atoms with Crippen LogP contribution in [0.25, 0.3) is 11.1 Å². The van der Waals surface area contributed by atoms with Crippen molar-refractivity contribution >= 4 is 18.0 Å². The van der Waals surface area contributed by atoms with Crippen LogP contribution in [-0.4, -0.2) is 41.8 Å². The lowest BCUT2D eigenvalue weighted by atomic mass is 9.98. The number of hydrogen-bond acceptors (Lipinski definition) is 4. The lowest BCUT2D eigenvalue weighted by molar-refractivity contribution is -0.142. The SMILES string of the molecule is CC(C)[C@H](CC(=O)NC(C(=O)O)C1CC1)NC(=O)OCC1c2ccccc2-c2ccccc21. The monoisotopic (exact) mass is 450 g/mol. The fourth-order valence-electron chi connectivity index (χ4n) is 4.49. The Morgan fingerprint density at radius 3 is 2.06 bits per heavy atom. The van der Waals surface area contributed by atoms with Crippen LogP contribution < -0.4 is 10.6 Å². The fourth-order valence-corrected chi connectivity index (χ4v) is 4.49. The Labute approximate surface area is 193 Å². The Balaban J connectivity index is 1.35. The molecule has 0 aliphatic heterocycles. The Hall–Kier alpha value is -3.35. The highest BCUT2D eigenvalue weighted by Crippen LogP contribution is 2.44. The van der Waals surface area contributed by atoms with Crippen LogP contribution in [0.15, 0.2) is 48.5 Å². The summed E-state index contributed by atoms with van der Waals surface area (Å²) < 4.78 is 5.59. The average Bonchev–Trinajstić information content (AvgIpc) is 3.58. The van der Waals surface area contributed by atoms with Gasteiger partial charge < -0.3 is 20.5 Å². The second-order valence-corrected chi connectivity index (χ2v) is 9.25. The van der Waals surface area contributed by atoms with E-state index in [2.05, 4.69) is 34.9 Å². The lowest BCUT2D eigenvalue weighted by Crippen LogP contribution is -2.47. The number of amides is 2. The van der Waals surface area contributed by atoms with Crippen LogP contribution in [0.5, 0.6) is 0 Å². The van der Waals surface area contributed by atoms with Crippen molar-refractivity contribution in [2.45, 2.75) is 51.1 Å². The number of carbonyl (C=O) groups is 3. The summed E-state index contributed by atoms with van der Waals surface area (Å²) >= 11 is 0. The molecule has 0 spiro atoms. The van der Waals surface area contributed by atoms with E-state index in [1.54, 1.807) is 0 Å². The van der Waals surface area contributed by atoms with E-state index < -0.39 is 24.1 Å². The third-order valence-electron chi connectivity index (χ3n) is 6.53. The van der Waals surface area contributed by atoms with Crippen molar-refractivity contribution < 1.29 is 24.2 Å². The van der Waals surface area contributed by atoms with Crippen molar-refractivity contribution in [3.05, 3.63) is 59.7 Å². The van der Waals surface area contributed by atoms with Crippen molar-refractivity contribution in [3.8, 4) is 11.1 Å². The van der Waals surface area contributed by atoms with Crippen molar-refractivity contribution in [2.75, 3.05) is 6.61 Å². The number of carboxylic acids is 1. The molecule has 0 heterocycles. The highest BCUT2D eigenvalue weighted by molar-refractivity contribution is 5.84. The molecule has 2 amide bonds. The number of nitrogens with one attached hydrogen (secondary N) is 2. The molecule has 1 unspecified atom stereocenters. The number of ether oxygens (including phenoxy) is 1. The lowest BCUT2D eigenvalue weighted by Gasteiger charge is -2.23. The molecule has 2 atom stereocenters. The summed E-state index contributed by atoms with van der Waals surface area (Å²) in [5, 5.41) is 14.7. The van der Waals surface area contributed by atoms with Gasteiger partial charge in [0, 0.05) is 18.4 Å². The summed E-state index contributed by atoms with van der Waals surface area (Å²) in [6, 6.07) is 14.9. The summed E-state index contributed by atoms with van der Waals surface area (Å²) in [5.74, 6) is -1.47. The molecule has 0 radical (unpaired) electrons. The maximum Gasteiger partial charge on any atom is 0.407 e. The fraction of sp³-hybridized carbons (Fsp3) is 0.423. The van der Waals surface area contributed by atoms with Crippen molar-refractivity contribution in [2.24, 2.45) is 11.8 Å². The van der Waals surface area contributed by atoms with E-state index in [1.807, 2.05) is 38.1 Å². The molecule has 0 saturated heterocycles. The second kappa shape index (κ2) is 9.65. The third-order valence-corrected chi connectivity index (χ3v) is 6.53. The summed E-state index contributed by atoms with van der Waals surface area (Å²) in [5.41, 5.74) is 4.57. The molecule has 4 rings (SSSR count). The Morgan fingerprint density at radius 2 is 1.55 bits per heavy atom. The highest BCUT2D eigenvalue weighted by Gasteiger charge is 2.37. The van der Waals surface area contributed by atoms with Crippen molar-refractivity contribution in [1.82, 2.24) is 10.6 Å². The van der Waals surface area contributed by atoms with Gasteiger partial charge in [-0.3, -0.25) is 4.79 Å². The summed E-state index contributed by atoms with van der Waals surface area (Å²) in [6.45, 7) is 3.99. The summed E-state index contributed by atoms with van der Waals surface area (Å²) in [7, 11) is 0. The van der Waals surface area contributed by atoms with Crippen LogP contribution in [0.2, 0.25) is 0 Å². The van der Waals surface area contributed by atoms with Gasteiger partial charge in [0.25, 0.3) is 0 Å². The van der Waals surface area contributed by atoms with Gasteiger partial charge in [-0.1, -0.05) is 62.4 Å². The molecule has 2 aromatic carbocycles. The standard InChI is InChI=1S/C26H30N2O5/c1-15(2)22(13-23(29)28-24(25(30)31)16-11-12-16)27-26(32)33-14-21-19-9-5-3-7-17(19)18-8-4-6-10-20(18)21/h3-10,15-16,21-22,24H,11-14H2,1-2H3,(H,27,32)(H,28,29)(H,30,31)/t22-,24?/m0/s1. The molecular formula is C26H30N2O5. The number of aliphatic carboxylic acids is 1. The summed E-state index contributed by atoms with van der Waals surface area (Å²) in [6.07, 6.45) is 1.03. The first kappa shape index (κ1) is 22.8. The molecule has 2 aliphatic carbocycles. The first-order chi connectivity index (χ1) is 15.8. The molecule has 7 heteroatoms. The van der Waals surface area contributed by atoms with E-state index in [-0.39, 0.29) is 36.7 Å². The molecule has 2 aliphatic rings. The van der Waals surface area contributed by atoms with Gasteiger partial charge in [0.05, 0.1) is 0 Å². The molecule has 174 valence electrons. The Kier molecular flexibility index (Phi) is 6.67. The Morgan fingerprint density at radius 1 is 0.970 bits per heavy atom. The van der Waals surface area contributed by atoms with Crippen LogP contribution in [0.3, 0.4) is 0 Å². The molecule has 33 heavy (non-hydrogen) atoms. The zero-order valence-electron chi connectivity index (χ0n) is 18.9. The third kappa shape index (κ3) is 5.18. The van der Waals surface area contributed by atoms with E-state index in [0.717, 1.165) is 35.1 Å². The number of benzene rings is 2. The van der Waals surface area contributed by atoms with Crippen LogP contribution in [-0.2, 0) is 14.3 Å². The average molecular weight is 451 g/mol. The molecule has 3 N–H and O–H groups in total. The zero-order valence-corrected chi connectivity index (χ0v) is 18.9. The van der Waals surface area contributed by atoms with E-state index >= 15 is 0 Å². The van der Waals surface area contributed by atoms with Crippen LogP contribution in [0.1, 0.15) is 50.2 Å². The molecule has 0 bridgehead atoms. The molecule has 1 saturated carbocycles. The van der Waals surface area contributed by atoms with Crippen LogP contribution >= 0.6 is 0 Å².